The summed E-state index contributed by atoms with van der Waals surface area (Å²) >= 11 is 1.22. The quantitative estimate of drug-likeness (QED) is 0.856. The summed E-state index contributed by atoms with van der Waals surface area (Å²) in [5.74, 6) is 0. The van der Waals surface area contributed by atoms with Gasteiger partial charge in [-0.1, -0.05) is 26.0 Å². The second kappa shape index (κ2) is 4.72. The third kappa shape index (κ3) is 2.20. The topological polar surface area (TPSA) is 50.3 Å². The van der Waals surface area contributed by atoms with Gasteiger partial charge < -0.3 is 0 Å². The van der Waals surface area contributed by atoms with Gasteiger partial charge in [-0.05, 0) is 12.1 Å². The van der Waals surface area contributed by atoms with Crippen LogP contribution in [0.2, 0.25) is 0 Å². The van der Waals surface area contributed by atoms with Crippen LogP contribution in [0.4, 0.5) is 0 Å². The number of hydrogen-bond acceptors (Lipinski definition) is 4. The average molecular weight is 270 g/mol. The normalized spacial score (nSPS) is 12.4. The lowest BCUT2D eigenvalue weighted by Crippen LogP contribution is -2.30. The van der Waals surface area contributed by atoms with E-state index in [9.17, 15) is 8.42 Å². The van der Waals surface area contributed by atoms with E-state index in [4.69, 9.17) is 0 Å². The Morgan fingerprint density at radius 3 is 2.47 bits per heavy atom. The van der Waals surface area contributed by atoms with Gasteiger partial charge in [0.05, 0.1) is 10.2 Å². The molecule has 1 aromatic heterocycles. The first-order valence-corrected chi connectivity index (χ1v) is 7.71. The van der Waals surface area contributed by atoms with Crippen molar-refractivity contribution in [2.45, 2.75) is 18.2 Å². The van der Waals surface area contributed by atoms with E-state index >= 15 is 0 Å². The molecule has 0 aliphatic heterocycles. The van der Waals surface area contributed by atoms with Crippen molar-refractivity contribution in [1.82, 2.24) is 9.29 Å². The molecule has 0 aliphatic rings. The van der Waals surface area contributed by atoms with E-state index in [-0.39, 0.29) is 4.34 Å². The van der Waals surface area contributed by atoms with Gasteiger partial charge >= 0.3 is 0 Å². The molecule has 0 N–H and O–H groups in total. The van der Waals surface area contributed by atoms with E-state index in [2.05, 4.69) is 4.98 Å². The predicted molar refractivity (Wildman–Crippen MR) is 69.7 cm³/mol. The minimum absolute atomic E-state index is 0.183. The molecule has 0 saturated heterocycles. The monoisotopic (exact) mass is 270 g/mol. The number of hydrogen-bond donors (Lipinski definition) is 0. The lowest BCUT2D eigenvalue weighted by Gasteiger charge is -2.15. The number of aromatic nitrogens is 1. The molecule has 0 atom stereocenters. The van der Waals surface area contributed by atoms with E-state index in [0.717, 1.165) is 10.2 Å². The van der Waals surface area contributed by atoms with Gasteiger partial charge in [0, 0.05) is 13.1 Å². The fourth-order valence-corrected chi connectivity index (χ4v) is 4.45. The molecule has 1 heterocycles. The Morgan fingerprint density at radius 1 is 1.24 bits per heavy atom. The molecular weight excluding hydrogens is 256 g/mol. The van der Waals surface area contributed by atoms with Crippen molar-refractivity contribution in [2.75, 3.05) is 13.1 Å². The minimum Gasteiger partial charge on any atom is -0.224 e. The molecule has 17 heavy (non-hydrogen) atoms. The number of para-hydroxylation sites is 1. The fourth-order valence-electron chi connectivity index (χ4n) is 1.64. The summed E-state index contributed by atoms with van der Waals surface area (Å²) in [5.41, 5.74) is 0.739. The summed E-state index contributed by atoms with van der Waals surface area (Å²) in [5, 5.41) is 0. The van der Waals surface area contributed by atoms with E-state index in [0.29, 0.717) is 13.1 Å². The molecule has 1 aromatic carbocycles. The van der Waals surface area contributed by atoms with Crippen LogP contribution in [0.25, 0.3) is 10.2 Å². The maximum absolute atomic E-state index is 12.2. The third-order valence-corrected chi connectivity index (χ3v) is 5.98. The number of sulfonamides is 1. The maximum Gasteiger partial charge on any atom is 0.270 e. The molecule has 2 aromatic rings. The van der Waals surface area contributed by atoms with E-state index in [1.54, 1.807) is 0 Å². The number of benzene rings is 1. The SMILES string of the molecule is CCN(CC)S(=O)(=O)c1nc2ccccc2s1. The summed E-state index contributed by atoms with van der Waals surface area (Å²) in [7, 11) is -3.42. The van der Waals surface area contributed by atoms with Crippen LogP contribution in [0.3, 0.4) is 0 Å². The first-order chi connectivity index (χ1) is 8.09. The highest BCUT2D eigenvalue weighted by molar-refractivity contribution is 7.91. The largest absolute Gasteiger partial charge is 0.270 e. The fraction of sp³-hybridized carbons (Fsp3) is 0.364. The highest BCUT2D eigenvalue weighted by Crippen LogP contribution is 2.27. The van der Waals surface area contributed by atoms with Gasteiger partial charge in [0.2, 0.25) is 4.34 Å². The summed E-state index contributed by atoms with van der Waals surface area (Å²) in [6.07, 6.45) is 0. The van der Waals surface area contributed by atoms with Gasteiger partial charge in [-0.15, -0.1) is 11.3 Å². The van der Waals surface area contributed by atoms with Gasteiger partial charge in [-0.2, -0.15) is 4.31 Å². The summed E-state index contributed by atoms with van der Waals surface area (Å²) in [6, 6.07) is 7.45. The lowest BCUT2D eigenvalue weighted by atomic mass is 10.3. The van der Waals surface area contributed by atoms with Crippen LogP contribution >= 0.6 is 11.3 Å². The first-order valence-electron chi connectivity index (χ1n) is 5.45. The Morgan fingerprint density at radius 2 is 1.88 bits per heavy atom. The molecule has 0 radical (unpaired) electrons. The Bertz CT molecular complexity index is 582. The smallest absolute Gasteiger partial charge is 0.224 e. The highest BCUT2D eigenvalue weighted by Gasteiger charge is 2.25. The van der Waals surface area contributed by atoms with Crippen LogP contribution in [-0.2, 0) is 10.0 Å². The molecule has 6 heteroatoms. The van der Waals surface area contributed by atoms with Gasteiger partial charge in [0.1, 0.15) is 0 Å². The van der Waals surface area contributed by atoms with Crippen LogP contribution in [0, 0.1) is 0 Å². The van der Waals surface area contributed by atoms with Crippen molar-refractivity contribution in [3.05, 3.63) is 24.3 Å². The predicted octanol–water partition coefficient (Wildman–Crippen LogP) is 2.33. The van der Waals surface area contributed by atoms with E-state index in [1.165, 1.54) is 15.6 Å². The molecule has 0 fully saturated rings. The van der Waals surface area contributed by atoms with Gasteiger partial charge in [0.25, 0.3) is 10.0 Å². The molecule has 4 nitrogen and oxygen atoms in total. The highest BCUT2D eigenvalue weighted by atomic mass is 32.2. The molecule has 0 bridgehead atoms. The molecule has 2 rings (SSSR count). The molecule has 92 valence electrons. The molecule has 0 aliphatic carbocycles. The standard InChI is InChI=1S/C11H14N2O2S2/c1-3-13(4-2)17(14,15)11-12-9-7-5-6-8-10(9)16-11/h5-8H,3-4H2,1-2H3. The Kier molecular flexibility index (Phi) is 3.46. The summed E-state index contributed by atoms with van der Waals surface area (Å²) in [6.45, 7) is 4.59. The molecule has 0 saturated carbocycles. The van der Waals surface area contributed by atoms with Crippen molar-refractivity contribution >= 4 is 31.6 Å². The van der Waals surface area contributed by atoms with Crippen molar-refractivity contribution in [1.29, 1.82) is 0 Å². The zero-order chi connectivity index (χ0) is 12.5. The van der Waals surface area contributed by atoms with Crippen LogP contribution in [0.15, 0.2) is 28.6 Å². The molecule has 0 amide bonds. The molecular formula is C11H14N2O2S2. The van der Waals surface area contributed by atoms with Gasteiger partial charge in [-0.25, -0.2) is 13.4 Å². The Balaban J connectivity index is 2.52. The first kappa shape index (κ1) is 12.5. The third-order valence-electron chi connectivity index (χ3n) is 2.54. The second-order valence-corrected chi connectivity index (χ2v) is 6.68. The minimum atomic E-state index is -3.42. The zero-order valence-corrected chi connectivity index (χ0v) is 11.4. The molecule has 0 spiro atoms. The van der Waals surface area contributed by atoms with Crippen molar-refractivity contribution < 1.29 is 8.42 Å². The number of thiazole rings is 1. The van der Waals surface area contributed by atoms with Gasteiger partial charge in [-0.3, -0.25) is 0 Å². The average Bonchev–Trinajstić information content (AvgIpc) is 2.74. The Labute approximate surface area is 105 Å². The lowest BCUT2D eigenvalue weighted by molar-refractivity contribution is 0.445. The van der Waals surface area contributed by atoms with Crippen LogP contribution in [0.1, 0.15) is 13.8 Å². The zero-order valence-electron chi connectivity index (χ0n) is 9.75. The second-order valence-electron chi connectivity index (χ2n) is 3.54. The maximum atomic E-state index is 12.2. The van der Waals surface area contributed by atoms with E-state index in [1.807, 2.05) is 38.1 Å². The number of nitrogens with zero attached hydrogens (tertiary/aromatic N) is 2. The molecule has 0 unspecified atom stereocenters. The van der Waals surface area contributed by atoms with Crippen LogP contribution in [-0.4, -0.2) is 30.8 Å². The van der Waals surface area contributed by atoms with Crippen molar-refractivity contribution in [3.8, 4) is 0 Å². The van der Waals surface area contributed by atoms with E-state index < -0.39 is 10.0 Å². The van der Waals surface area contributed by atoms with Crippen LogP contribution < -0.4 is 0 Å². The van der Waals surface area contributed by atoms with Crippen molar-refractivity contribution in [2.24, 2.45) is 0 Å². The number of rotatable bonds is 4. The van der Waals surface area contributed by atoms with Gasteiger partial charge in [0.15, 0.2) is 0 Å². The number of fused-ring (bicyclic) bond motifs is 1. The Hall–Kier alpha value is -0.980. The van der Waals surface area contributed by atoms with Crippen molar-refractivity contribution in [3.63, 3.8) is 0 Å². The van der Waals surface area contributed by atoms with Crippen LogP contribution in [0.5, 0.6) is 0 Å². The summed E-state index contributed by atoms with van der Waals surface area (Å²) < 4.78 is 27.0. The summed E-state index contributed by atoms with van der Waals surface area (Å²) in [4.78, 5) is 4.19.